The van der Waals surface area contributed by atoms with E-state index in [1.54, 1.807) is 0 Å². The van der Waals surface area contributed by atoms with Crippen LogP contribution in [0.1, 0.15) is 47.2 Å². The van der Waals surface area contributed by atoms with Crippen molar-refractivity contribution < 1.29 is 0 Å². The highest BCUT2D eigenvalue weighted by molar-refractivity contribution is 6.15. The van der Waals surface area contributed by atoms with Gasteiger partial charge in [0, 0.05) is 105 Å². The maximum Gasteiger partial charge on any atom is 0.0714 e. The van der Waals surface area contributed by atoms with E-state index in [0.29, 0.717) is 0 Å². The minimum absolute atomic E-state index is 0.117. The fourth-order valence-electron chi connectivity index (χ4n) is 20.1. The van der Waals surface area contributed by atoms with E-state index < -0.39 is 5.41 Å². The number of hydrogen-bond donors (Lipinski definition) is 0. The van der Waals surface area contributed by atoms with Gasteiger partial charge in [-0.2, -0.15) is 0 Å². The molecule has 0 bridgehead atoms. The number of rotatable bonds is 12. The van der Waals surface area contributed by atoms with Gasteiger partial charge in [0.15, 0.2) is 0 Å². The summed E-state index contributed by atoms with van der Waals surface area (Å²) < 4.78 is 9.56. The molecule has 6 heteroatoms. The monoisotopic (exact) mass is 1510 g/mol. The zero-order chi connectivity index (χ0) is 78.2. The Bertz CT molecular complexity index is 7350. The summed E-state index contributed by atoms with van der Waals surface area (Å²) in [6.45, 7) is 4.72. The van der Waals surface area contributed by atoms with E-state index in [9.17, 15) is 0 Å². The third-order valence-electron chi connectivity index (χ3n) is 25.2. The van der Waals surface area contributed by atoms with E-state index >= 15 is 0 Å². The van der Waals surface area contributed by atoms with Crippen molar-refractivity contribution in [3.05, 3.63) is 470 Å². The van der Waals surface area contributed by atoms with Gasteiger partial charge in [-0.1, -0.05) is 281 Å². The number of benzene rings is 18. The molecule has 0 saturated carbocycles. The first-order valence-corrected chi connectivity index (χ1v) is 40.9. The van der Waals surface area contributed by atoms with Gasteiger partial charge in [-0.3, -0.25) is 0 Å². The summed E-state index contributed by atoms with van der Waals surface area (Å²) in [4.78, 5) is 4.94. The van der Waals surface area contributed by atoms with E-state index in [4.69, 9.17) is 0 Å². The molecule has 0 N–H and O–H groups in total. The van der Waals surface area contributed by atoms with Gasteiger partial charge in [0.1, 0.15) is 0 Å². The number of aromatic nitrogens is 4. The Kier molecular flexibility index (Phi) is 15.8. The maximum absolute atomic E-state index is 2.48. The first kappa shape index (κ1) is 68.4. The molecule has 118 heavy (non-hydrogen) atoms. The van der Waals surface area contributed by atoms with Gasteiger partial charge in [-0.15, -0.1) is 0 Å². The first-order chi connectivity index (χ1) is 58.3. The van der Waals surface area contributed by atoms with Crippen LogP contribution in [0.2, 0.25) is 0 Å². The number of fused-ring (bicyclic) bond motifs is 18. The van der Waals surface area contributed by atoms with Crippen LogP contribution in [-0.4, -0.2) is 18.3 Å². The van der Waals surface area contributed by atoms with Crippen LogP contribution in [0.5, 0.6) is 0 Å². The second kappa shape index (κ2) is 27.2. The molecule has 2 aliphatic rings. The van der Waals surface area contributed by atoms with Crippen molar-refractivity contribution in [2.24, 2.45) is 0 Å². The van der Waals surface area contributed by atoms with Crippen LogP contribution in [0.4, 0.5) is 34.1 Å². The third kappa shape index (κ3) is 10.5. The van der Waals surface area contributed by atoms with E-state index in [1.807, 2.05) is 0 Å². The molecule has 4 heterocycles. The van der Waals surface area contributed by atoms with Crippen molar-refractivity contribution >= 4 is 121 Å². The van der Waals surface area contributed by atoms with Crippen molar-refractivity contribution in [3.63, 3.8) is 0 Å². The standard InChI is InChI=1S/C61H41N3.C51H37N3/c1-5-19-42(20-6-1)61(43-21-7-2-8-22-43)55-30-16-13-27-49(55)50-36-33-48(41-56(50)61)62(46-34-37-59-53(39-46)51-28-14-17-31-57(51)63(59)44-23-9-3-10-24-44)47-35-38-60-54(40-47)52-29-15-18-32-58(52)64(60)45-25-11-4-12-26-45;1-51(2)45-22-12-9-19-39(45)40-28-25-38(33-46(40)51)52(36-26-29-49-43(31-36)41-20-10-13-23-47(41)53(49)34-15-5-3-6-16-34)37-27-30-50-44(32-37)42-21-11-14-24-48(42)54(50)35-17-7-4-8-18-35/h1-41H;3-33H,1-2H3. The quantitative estimate of drug-likeness (QED) is 0.122. The molecule has 6 nitrogen and oxygen atoms in total. The van der Waals surface area contributed by atoms with Crippen LogP contribution in [0.25, 0.3) is 132 Å². The molecule has 0 unspecified atom stereocenters. The molecule has 0 spiro atoms. The van der Waals surface area contributed by atoms with Crippen LogP contribution < -0.4 is 9.80 Å². The van der Waals surface area contributed by atoms with Gasteiger partial charge >= 0.3 is 0 Å². The van der Waals surface area contributed by atoms with E-state index in [-0.39, 0.29) is 5.41 Å². The zero-order valence-electron chi connectivity index (χ0n) is 65.3. The summed E-state index contributed by atoms with van der Waals surface area (Å²) in [6.07, 6.45) is 0. The molecule has 0 radical (unpaired) electrons. The van der Waals surface area contributed by atoms with Gasteiger partial charge in [0.05, 0.1) is 49.5 Å². The minimum Gasteiger partial charge on any atom is -0.310 e. The van der Waals surface area contributed by atoms with Gasteiger partial charge in [0.2, 0.25) is 0 Å². The van der Waals surface area contributed by atoms with E-state index in [1.165, 1.54) is 143 Å². The zero-order valence-corrected chi connectivity index (χ0v) is 65.3. The molecule has 0 aliphatic heterocycles. The van der Waals surface area contributed by atoms with Crippen molar-refractivity contribution in [1.82, 2.24) is 18.3 Å². The second-order valence-corrected chi connectivity index (χ2v) is 31.9. The van der Waals surface area contributed by atoms with Gasteiger partial charge in [0.25, 0.3) is 0 Å². The molecule has 4 aromatic heterocycles. The average Bonchev–Trinajstić information content (AvgIpc) is 1.52. The lowest BCUT2D eigenvalue weighted by Gasteiger charge is -2.35. The van der Waals surface area contributed by atoms with E-state index in [0.717, 1.165) is 56.9 Å². The molecule has 0 atom stereocenters. The maximum atomic E-state index is 2.48. The Hall–Kier alpha value is -15.2. The molecular weight excluding hydrogens is 1430 g/mol. The lowest BCUT2D eigenvalue weighted by atomic mass is 9.67. The molecule has 0 fully saturated rings. The summed E-state index contributed by atoms with van der Waals surface area (Å²) in [7, 11) is 0. The van der Waals surface area contributed by atoms with Crippen LogP contribution in [-0.2, 0) is 10.8 Å². The Morgan fingerprint density at radius 3 is 0.763 bits per heavy atom. The summed E-state index contributed by atoms with van der Waals surface area (Å²) in [5.74, 6) is 0. The number of anilines is 6. The van der Waals surface area contributed by atoms with Crippen LogP contribution >= 0.6 is 0 Å². The number of nitrogens with zero attached hydrogens (tertiary/aromatic N) is 6. The molecule has 24 rings (SSSR count). The molecule has 2 aliphatic carbocycles. The fourth-order valence-corrected chi connectivity index (χ4v) is 20.1. The minimum atomic E-state index is -0.532. The van der Waals surface area contributed by atoms with E-state index in [2.05, 4.69) is 479 Å². The smallest absolute Gasteiger partial charge is 0.0714 e. The SMILES string of the molecule is CC1(C)c2ccccc2-c2ccc(N(c3ccc4c(c3)c3ccccc3n4-c3ccccc3)c3ccc4c(c3)c3ccccc3n4-c3ccccc3)cc21.c1ccc(-n2c3ccccc3c3cc(N(c4ccc5c(c4)C(c4ccccc4)(c4ccccc4)c4ccccc4-5)c4ccc5c(c4)c4ccccc4n5-c4ccccc4)ccc32)cc1. The topological polar surface area (TPSA) is 26.2 Å². The number of para-hydroxylation sites is 8. The predicted molar refractivity (Wildman–Crippen MR) is 494 cm³/mol. The van der Waals surface area contributed by atoms with Gasteiger partial charge in [-0.25, -0.2) is 0 Å². The average molecular weight is 1510 g/mol. The van der Waals surface area contributed by atoms with Crippen LogP contribution in [0.15, 0.2) is 437 Å². The van der Waals surface area contributed by atoms with Crippen molar-refractivity contribution in [2.45, 2.75) is 24.7 Å². The fraction of sp³-hybridized carbons (Fsp3) is 0.0357. The van der Waals surface area contributed by atoms with Gasteiger partial charge in [-0.05, 0) is 225 Å². The highest BCUT2D eigenvalue weighted by Crippen LogP contribution is 2.58. The highest BCUT2D eigenvalue weighted by Gasteiger charge is 2.47. The molecule has 22 aromatic rings. The Labute approximate surface area is 684 Å². The predicted octanol–water partition coefficient (Wildman–Crippen LogP) is 29.4. The summed E-state index contributed by atoms with van der Waals surface area (Å²) >= 11 is 0. The van der Waals surface area contributed by atoms with Crippen molar-refractivity contribution in [1.29, 1.82) is 0 Å². The molecular formula is C112H78N6. The first-order valence-electron chi connectivity index (χ1n) is 40.9. The molecule has 556 valence electrons. The summed E-state index contributed by atoms with van der Waals surface area (Å²) in [5, 5.41) is 9.80. The largest absolute Gasteiger partial charge is 0.310 e. The molecule has 0 amide bonds. The normalized spacial score (nSPS) is 13.0. The van der Waals surface area contributed by atoms with Crippen molar-refractivity contribution in [2.75, 3.05) is 9.80 Å². The molecule has 0 saturated heterocycles. The molecule has 18 aromatic carbocycles. The van der Waals surface area contributed by atoms with Gasteiger partial charge < -0.3 is 28.1 Å². The lowest BCUT2D eigenvalue weighted by molar-refractivity contribution is 0.660. The Balaban J connectivity index is 0.000000140. The summed E-state index contributed by atoms with van der Waals surface area (Å²) in [5.41, 5.74) is 33.2. The van der Waals surface area contributed by atoms with Crippen molar-refractivity contribution in [3.8, 4) is 45.0 Å². The lowest BCUT2D eigenvalue weighted by Crippen LogP contribution is -2.28. The summed E-state index contributed by atoms with van der Waals surface area (Å²) in [6, 6.07) is 160. The van der Waals surface area contributed by atoms with Crippen LogP contribution in [0.3, 0.4) is 0 Å². The Morgan fingerprint density at radius 1 is 0.178 bits per heavy atom. The number of hydrogen-bond acceptors (Lipinski definition) is 2. The second-order valence-electron chi connectivity index (χ2n) is 31.9. The van der Waals surface area contributed by atoms with Crippen LogP contribution in [0, 0.1) is 0 Å². The third-order valence-corrected chi connectivity index (χ3v) is 25.2. The Morgan fingerprint density at radius 2 is 0.415 bits per heavy atom. The highest BCUT2D eigenvalue weighted by atomic mass is 15.2.